The Labute approximate surface area is 95.5 Å². The second-order valence-electron chi connectivity index (χ2n) is 4.67. The lowest BCUT2D eigenvalue weighted by molar-refractivity contribution is 0.602. The van der Waals surface area contributed by atoms with Gasteiger partial charge in [0.15, 0.2) is 0 Å². The molecule has 1 saturated heterocycles. The summed E-state index contributed by atoms with van der Waals surface area (Å²) in [7, 11) is 2.07. The van der Waals surface area contributed by atoms with Crippen molar-refractivity contribution in [3.8, 4) is 0 Å². The summed E-state index contributed by atoms with van der Waals surface area (Å²) in [5.74, 6) is 0. The molecule has 0 bridgehead atoms. The molecule has 0 aliphatic carbocycles. The summed E-state index contributed by atoms with van der Waals surface area (Å²) in [6.45, 7) is 1.17. The van der Waals surface area contributed by atoms with Crippen molar-refractivity contribution in [1.29, 1.82) is 0 Å². The maximum atomic E-state index is 4.50. The highest BCUT2D eigenvalue weighted by molar-refractivity contribution is 5.76. The molecule has 16 heavy (non-hydrogen) atoms. The monoisotopic (exact) mass is 215 g/mol. The van der Waals surface area contributed by atoms with Crippen molar-refractivity contribution in [3.63, 3.8) is 0 Å². The molecule has 0 aromatic carbocycles. The maximum Gasteiger partial charge on any atom is 0.0881 e. The third-order valence-electron chi connectivity index (χ3n) is 3.43. The summed E-state index contributed by atoms with van der Waals surface area (Å²) >= 11 is 0. The first-order valence-electron chi connectivity index (χ1n) is 5.96. The van der Waals surface area contributed by atoms with Gasteiger partial charge < -0.3 is 9.88 Å². The zero-order valence-electron chi connectivity index (χ0n) is 9.61. The largest absolute Gasteiger partial charge is 0.349 e. The van der Waals surface area contributed by atoms with Crippen molar-refractivity contribution >= 4 is 11.0 Å². The Morgan fingerprint density at radius 2 is 2.50 bits per heavy atom. The van der Waals surface area contributed by atoms with Crippen LogP contribution in [-0.4, -0.2) is 22.1 Å². The van der Waals surface area contributed by atoms with Crippen LogP contribution in [0.3, 0.4) is 0 Å². The molecule has 1 atom stereocenters. The van der Waals surface area contributed by atoms with E-state index in [0.29, 0.717) is 6.04 Å². The lowest BCUT2D eigenvalue weighted by atomic mass is 10.1. The third-order valence-corrected chi connectivity index (χ3v) is 3.43. The number of pyridine rings is 1. The molecule has 3 heteroatoms. The Morgan fingerprint density at radius 3 is 3.31 bits per heavy atom. The summed E-state index contributed by atoms with van der Waals surface area (Å²) in [6.07, 6.45) is 7.79. The van der Waals surface area contributed by atoms with E-state index in [9.17, 15) is 0 Å². The fraction of sp³-hybridized carbons (Fsp3) is 0.462. The molecule has 3 rings (SSSR count). The van der Waals surface area contributed by atoms with Crippen LogP contribution in [-0.2, 0) is 13.5 Å². The fourth-order valence-corrected chi connectivity index (χ4v) is 2.51. The molecular formula is C13H17N3. The first-order valence-corrected chi connectivity index (χ1v) is 5.96. The van der Waals surface area contributed by atoms with Gasteiger partial charge in [0.05, 0.1) is 11.0 Å². The van der Waals surface area contributed by atoms with E-state index in [2.05, 4.69) is 40.2 Å². The Kier molecular flexibility index (Phi) is 2.40. The van der Waals surface area contributed by atoms with Gasteiger partial charge in [0, 0.05) is 25.5 Å². The quantitative estimate of drug-likeness (QED) is 0.828. The van der Waals surface area contributed by atoms with E-state index < -0.39 is 0 Å². The molecule has 0 saturated carbocycles. The highest BCUT2D eigenvalue weighted by Gasteiger charge is 2.14. The molecule has 0 spiro atoms. The molecule has 3 nitrogen and oxygen atoms in total. The van der Waals surface area contributed by atoms with Gasteiger partial charge in [0.1, 0.15) is 0 Å². The highest BCUT2D eigenvalue weighted by Crippen LogP contribution is 2.17. The van der Waals surface area contributed by atoms with E-state index in [0.717, 1.165) is 11.9 Å². The average molecular weight is 215 g/mol. The van der Waals surface area contributed by atoms with E-state index in [4.69, 9.17) is 0 Å². The van der Waals surface area contributed by atoms with Crippen LogP contribution in [0.25, 0.3) is 11.0 Å². The molecular weight excluding hydrogens is 198 g/mol. The van der Waals surface area contributed by atoms with Gasteiger partial charge in [-0.15, -0.1) is 0 Å². The number of nitrogens with one attached hydrogen (secondary N) is 1. The van der Waals surface area contributed by atoms with Crippen molar-refractivity contribution < 1.29 is 0 Å². The predicted molar refractivity (Wildman–Crippen MR) is 65.4 cm³/mol. The van der Waals surface area contributed by atoms with Gasteiger partial charge in [-0.2, -0.15) is 0 Å². The van der Waals surface area contributed by atoms with Crippen LogP contribution in [0.15, 0.2) is 24.5 Å². The number of rotatable bonds is 2. The number of hydrogen-bond acceptors (Lipinski definition) is 2. The first-order chi connectivity index (χ1) is 7.83. The van der Waals surface area contributed by atoms with Crippen LogP contribution in [0.1, 0.15) is 18.4 Å². The number of aromatic nitrogens is 2. The smallest absolute Gasteiger partial charge is 0.0881 e. The van der Waals surface area contributed by atoms with Crippen molar-refractivity contribution in [3.05, 3.63) is 30.1 Å². The molecule has 2 aromatic rings. The number of fused-ring (bicyclic) bond motifs is 1. The lowest BCUT2D eigenvalue weighted by Crippen LogP contribution is -2.23. The van der Waals surface area contributed by atoms with Gasteiger partial charge in [-0.3, -0.25) is 4.98 Å². The number of aryl methyl sites for hydroxylation is 1. The summed E-state index contributed by atoms with van der Waals surface area (Å²) < 4.78 is 2.13. The van der Waals surface area contributed by atoms with Crippen LogP contribution < -0.4 is 5.32 Å². The second kappa shape index (κ2) is 3.91. The molecule has 1 unspecified atom stereocenters. The number of hydrogen-bond donors (Lipinski definition) is 1. The second-order valence-corrected chi connectivity index (χ2v) is 4.67. The van der Waals surface area contributed by atoms with Crippen LogP contribution in [0.2, 0.25) is 0 Å². The fourth-order valence-electron chi connectivity index (χ4n) is 2.51. The predicted octanol–water partition coefficient (Wildman–Crippen LogP) is 1.87. The van der Waals surface area contributed by atoms with Crippen molar-refractivity contribution in [2.75, 3.05) is 6.54 Å². The van der Waals surface area contributed by atoms with Crippen molar-refractivity contribution in [2.24, 2.45) is 7.05 Å². The summed E-state index contributed by atoms with van der Waals surface area (Å²) in [6, 6.07) is 4.98. The molecule has 3 heterocycles. The Bertz CT molecular complexity index is 495. The zero-order chi connectivity index (χ0) is 11.0. The zero-order valence-corrected chi connectivity index (χ0v) is 9.61. The summed E-state index contributed by atoms with van der Waals surface area (Å²) in [5.41, 5.74) is 3.66. The highest BCUT2D eigenvalue weighted by atomic mass is 14.9. The molecule has 2 aromatic heterocycles. The van der Waals surface area contributed by atoms with E-state index >= 15 is 0 Å². The molecule has 1 fully saturated rings. The van der Waals surface area contributed by atoms with Gasteiger partial charge in [-0.25, -0.2) is 0 Å². The minimum Gasteiger partial charge on any atom is -0.349 e. The van der Waals surface area contributed by atoms with Gasteiger partial charge in [-0.1, -0.05) is 0 Å². The van der Waals surface area contributed by atoms with Crippen molar-refractivity contribution in [2.45, 2.75) is 25.3 Å². The van der Waals surface area contributed by atoms with E-state index in [1.807, 2.05) is 6.20 Å². The lowest BCUT2D eigenvalue weighted by Gasteiger charge is -2.09. The molecule has 1 aliphatic rings. The van der Waals surface area contributed by atoms with Crippen LogP contribution in [0, 0.1) is 0 Å². The van der Waals surface area contributed by atoms with Gasteiger partial charge >= 0.3 is 0 Å². The summed E-state index contributed by atoms with van der Waals surface area (Å²) in [5, 5.41) is 3.53. The van der Waals surface area contributed by atoms with Crippen molar-refractivity contribution in [1.82, 2.24) is 14.9 Å². The first kappa shape index (κ1) is 9.85. The molecule has 0 amide bonds. The third kappa shape index (κ3) is 1.71. The van der Waals surface area contributed by atoms with Crippen LogP contribution in [0.4, 0.5) is 0 Å². The normalized spacial score (nSPS) is 20.7. The SMILES string of the molecule is Cn1ccc2ncc(CC3CCCN3)cc21. The maximum absolute atomic E-state index is 4.50. The average Bonchev–Trinajstić information content (AvgIpc) is 2.90. The molecule has 1 aliphatic heterocycles. The summed E-state index contributed by atoms with van der Waals surface area (Å²) in [4.78, 5) is 4.50. The van der Waals surface area contributed by atoms with Crippen LogP contribution in [0.5, 0.6) is 0 Å². The number of nitrogens with zero attached hydrogens (tertiary/aromatic N) is 2. The minimum atomic E-state index is 0.652. The standard InChI is InChI=1S/C13H17N3/c1-16-6-4-12-13(16)8-10(9-15-12)7-11-3-2-5-14-11/h4,6,8-9,11,14H,2-3,5,7H2,1H3. The molecule has 1 N–H and O–H groups in total. The molecule has 84 valence electrons. The van der Waals surface area contributed by atoms with Gasteiger partial charge in [-0.05, 0) is 43.5 Å². The Balaban J connectivity index is 1.88. The van der Waals surface area contributed by atoms with E-state index in [-0.39, 0.29) is 0 Å². The molecule has 0 radical (unpaired) electrons. The Hall–Kier alpha value is -1.35. The van der Waals surface area contributed by atoms with E-state index in [1.165, 1.54) is 30.5 Å². The van der Waals surface area contributed by atoms with E-state index in [1.54, 1.807) is 0 Å². The Morgan fingerprint density at radius 1 is 1.56 bits per heavy atom. The van der Waals surface area contributed by atoms with Crippen LogP contribution >= 0.6 is 0 Å². The topological polar surface area (TPSA) is 29.9 Å². The van der Waals surface area contributed by atoms with Gasteiger partial charge in [0.25, 0.3) is 0 Å². The van der Waals surface area contributed by atoms with Gasteiger partial charge in [0.2, 0.25) is 0 Å². The minimum absolute atomic E-state index is 0.652.